The Morgan fingerprint density at radius 3 is 2.48 bits per heavy atom. The molecule has 0 spiro atoms. The topological polar surface area (TPSA) is 24.1 Å². The maximum Gasteiger partial charge on any atom is 0.000813 e. The summed E-state index contributed by atoms with van der Waals surface area (Å²) in [7, 11) is 0. The summed E-state index contributed by atoms with van der Waals surface area (Å²) in [6.07, 6.45) is 9.96. The van der Waals surface area contributed by atoms with Crippen LogP contribution in [0.5, 0.6) is 0 Å². The molecule has 21 heavy (non-hydrogen) atoms. The SMILES string of the molecule is CC(C)CC1(CNCC(C)(C)C2CCCNC2)CCCC1. The van der Waals surface area contributed by atoms with E-state index < -0.39 is 0 Å². The van der Waals surface area contributed by atoms with Crippen molar-refractivity contribution in [2.24, 2.45) is 22.7 Å². The molecule has 0 bridgehead atoms. The lowest BCUT2D eigenvalue weighted by Crippen LogP contribution is -2.45. The molecule has 0 aromatic rings. The first-order valence-corrected chi connectivity index (χ1v) is 9.35. The lowest BCUT2D eigenvalue weighted by atomic mass is 9.74. The third-order valence-corrected chi connectivity index (χ3v) is 5.99. The third kappa shape index (κ3) is 4.96. The average Bonchev–Trinajstić information content (AvgIpc) is 2.87. The van der Waals surface area contributed by atoms with Crippen LogP contribution in [0.25, 0.3) is 0 Å². The fraction of sp³-hybridized carbons (Fsp3) is 1.00. The van der Waals surface area contributed by atoms with Gasteiger partial charge in [-0.1, -0.05) is 40.5 Å². The van der Waals surface area contributed by atoms with Gasteiger partial charge in [0.15, 0.2) is 0 Å². The highest BCUT2D eigenvalue weighted by Gasteiger charge is 2.35. The summed E-state index contributed by atoms with van der Waals surface area (Å²) in [6, 6.07) is 0. The highest BCUT2D eigenvalue weighted by molar-refractivity contribution is 4.90. The lowest BCUT2D eigenvalue weighted by Gasteiger charge is -2.39. The average molecular weight is 295 g/mol. The van der Waals surface area contributed by atoms with Crippen molar-refractivity contribution in [3.63, 3.8) is 0 Å². The van der Waals surface area contributed by atoms with Gasteiger partial charge < -0.3 is 10.6 Å². The molecule has 2 aliphatic rings. The molecule has 1 atom stereocenters. The minimum atomic E-state index is 0.422. The van der Waals surface area contributed by atoms with Gasteiger partial charge in [-0.3, -0.25) is 0 Å². The molecule has 1 aliphatic carbocycles. The molecule has 2 N–H and O–H groups in total. The zero-order chi connectivity index (χ0) is 15.3. The highest BCUT2D eigenvalue weighted by atomic mass is 14.9. The number of piperidine rings is 1. The van der Waals surface area contributed by atoms with Crippen molar-refractivity contribution in [1.82, 2.24) is 10.6 Å². The van der Waals surface area contributed by atoms with Gasteiger partial charge in [-0.05, 0) is 67.9 Å². The number of hydrogen-bond acceptors (Lipinski definition) is 2. The van der Waals surface area contributed by atoms with Crippen LogP contribution in [-0.2, 0) is 0 Å². The van der Waals surface area contributed by atoms with E-state index in [4.69, 9.17) is 0 Å². The van der Waals surface area contributed by atoms with Crippen molar-refractivity contribution in [2.45, 2.75) is 72.6 Å². The van der Waals surface area contributed by atoms with Gasteiger partial charge in [0.05, 0.1) is 0 Å². The maximum absolute atomic E-state index is 3.88. The van der Waals surface area contributed by atoms with E-state index in [-0.39, 0.29) is 0 Å². The van der Waals surface area contributed by atoms with E-state index in [0.717, 1.165) is 11.8 Å². The van der Waals surface area contributed by atoms with E-state index >= 15 is 0 Å². The van der Waals surface area contributed by atoms with Crippen LogP contribution >= 0.6 is 0 Å². The largest absolute Gasteiger partial charge is 0.316 e. The maximum atomic E-state index is 3.88. The van der Waals surface area contributed by atoms with E-state index in [0.29, 0.717) is 10.8 Å². The van der Waals surface area contributed by atoms with Crippen molar-refractivity contribution in [3.05, 3.63) is 0 Å². The molecular weight excluding hydrogens is 256 g/mol. The Hall–Kier alpha value is -0.0800. The highest BCUT2D eigenvalue weighted by Crippen LogP contribution is 2.43. The molecule has 2 heteroatoms. The molecule has 1 heterocycles. The lowest BCUT2D eigenvalue weighted by molar-refractivity contribution is 0.150. The smallest absolute Gasteiger partial charge is 0.000813 e. The normalized spacial score (nSPS) is 26.4. The Balaban J connectivity index is 1.81. The summed E-state index contributed by atoms with van der Waals surface area (Å²) >= 11 is 0. The standard InChI is InChI=1S/C19H38N2/c1-16(2)12-19(9-5-6-10-19)15-21-14-18(3,4)17-8-7-11-20-13-17/h16-17,20-21H,5-15H2,1-4H3. The minimum absolute atomic E-state index is 0.422. The predicted octanol–water partition coefficient (Wildman–Crippen LogP) is 4.21. The first kappa shape index (κ1) is 17.3. The molecule has 2 fully saturated rings. The molecular formula is C19H38N2. The van der Waals surface area contributed by atoms with Crippen LogP contribution in [0.1, 0.15) is 72.6 Å². The second-order valence-corrected chi connectivity index (χ2v) is 8.94. The number of hydrogen-bond donors (Lipinski definition) is 2. The van der Waals surface area contributed by atoms with Crippen LogP contribution in [0.4, 0.5) is 0 Å². The summed E-state index contributed by atoms with van der Waals surface area (Å²) in [6.45, 7) is 14.6. The van der Waals surface area contributed by atoms with Crippen LogP contribution in [0.3, 0.4) is 0 Å². The third-order valence-electron chi connectivity index (χ3n) is 5.99. The number of rotatable bonds is 7. The fourth-order valence-electron chi connectivity index (χ4n) is 4.76. The molecule has 2 rings (SSSR count). The van der Waals surface area contributed by atoms with Crippen LogP contribution in [0.15, 0.2) is 0 Å². The molecule has 0 aromatic heterocycles. The molecule has 1 saturated carbocycles. The molecule has 0 radical (unpaired) electrons. The second-order valence-electron chi connectivity index (χ2n) is 8.94. The summed E-state index contributed by atoms with van der Waals surface area (Å²) < 4.78 is 0. The van der Waals surface area contributed by atoms with Gasteiger partial charge in [0.2, 0.25) is 0 Å². The van der Waals surface area contributed by atoms with Crippen LogP contribution in [-0.4, -0.2) is 26.2 Å². The van der Waals surface area contributed by atoms with Crippen molar-refractivity contribution in [3.8, 4) is 0 Å². The fourth-order valence-corrected chi connectivity index (χ4v) is 4.76. The van der Waals surface area contributed by atoms with Gasteiger partial charge in [0, 0.05) is 13.1 Å². The first-order valence-electron chi connectivity index (χ1n) is 9.35. The van der Waals surface area contributed by atoms with Gasteiger partial charge in [-0.15, -0.1) is 0 Å². The molecule has 1 aliphatic heterocycles. The zero-order valence-electron chi connectivity index (χ0n) is 14.9. The monoisotopic (exact) mass is 294 g/mol. The van der Waals surface area contributed by atoms with E-state index in [9.17, 15) is 0 Å². The van der Waals surface area contributed by atoms with Crippen LogP contribution in [0, 0.1) is 22.7 Å². The summed E-state index contributed by atoms with van der Waals surface area (Å²) in [5, 5.41) is 7.46. The summed E-state index contributed by atoms with van der Waals surface area (Å²) in [5.41, 5.74) is 1.03. The molecule has 1 unspecified atom stereocenters. The van der Waals surface area contributed by atoms with Crippen LogP contribution < -0.4 is 10.6 Å². The summed E-state index contributed by atoms with van der Waals surface area (Å²) in [5.74, 6) is 1.67. The van der Waals surface area contributed by atoms with Gasteiger partial charge in [0.25, 0.3) is 0 Å². The van der Waals surface area contributed by atoms with E-state index in [1.54, 1.807) is 0 Å². The molecule has 0 aromatic carbocycles. The van der Waals surface area contributed by atoms with Gasteiger partial charge >= 0.3 is 0 Å². The van der Waals surface area contributed by atoms with Crippen LogP contribution in [0.2, 0.25) is 0 Å². The van der Waals surface area contributed by atoms with E-state index in [1.165, 1.54) is 71.1 Å². The van der Waals surface area contributed by atoms with Gasteiger partial charge in [-0.25, -0.2) is 0 Å². The number of nitrogens with one attached hydrogen (secondary N) is 2. The molecule has 124 valence electrons. The van der Waals surface area contributed by atoms with Crippen molar-refractivity contribution in [1.29, 1.82) is 0 Å². The summed E-state index contributed by atoms with van der Waals surface area (Å²) in [4.78, 5) is 0. The molecule has 2 nitrogen and oxygen atoms in total. The Labute approximate surface area is 132 Å². The second kappa shape index (κ2) is 7.46. The van der Waals surface area contributed by atoms with Crippen molar-refractivity contribution >= 4 is 0 Å². The van der Waals surface area contributed by atoms with E-state index in [2.05, 4.69) is 38.3 Å². The van der Waals surface area contributed by atoms with Gasteiger partial charge in [-0.2, -0.15) is 0 Å². The Morgan fingerprint density at radius 1 is 1.19 bits per heavy atom. The van der Waals surface area contributed by atoms with Crippen molar-refractivity contribution in [2.75, 3.05) is 26.2 Å². The molecule has 0 amide bonds. The Morgan fingerprint density at radius 2 is 1.90 bits per heavy atom. The molecule has 1 saturated heterocycles. The zero-order valence-corrected chi connectivity index (χ0v) is 14.9. The minimum Gasteiger partial charge on any atom is -0.316 e. The predicted molar refractivity (Wildman–Crippen MR) is 92.6 cm³/mol. The van der Waals surface area contributed by atoms with E-state index in [1.807, 2.05) is 0 Å². The Kier molecular flexibility index (Phi) is 6.14. The van der Waals surface area contributed by atoms with Gasteiger partial charge in [0.1, 0.15) is 0 Å². The Bertz CT molecular complexity index is 297. The first-order chi connectivity index (χ1) is 9.94. The van der Waals surface area contributed by atoms with Crippen molar-refractivity contribution < 1.29 is 0 Å². The quantitative estimate of drug-likeness (QED) is 0.735.